The lowest BCUT2D eigenvalue weighted by Crippen LogP contribution is -2.31. The summed E-state index contributed by atoms with van der Waals surface area (Å²) in [7, 11) is 0. The molecule has 0 saturated carbocycles. The number of amides is 1. The molecule has 32 heavy (non-hydrogen) atoms. The first kappa shape index (κ1) is 21.4. The third kappa shape index (κ3) is 4.04. The van der Waals surface area contributed by atoms with Crippen molar-refractivity contribution < 1.29 is 23.8 Å². The number of aliphatic hydroxyl groups excluding tert-OH is 1. The van der Waals surface area contributed by atoms with Gasteiger partial charge in [0.25, 0.3) is 5.91 Å². The molecule has 1 aliphatic heterocycles. The predicted octanol–water partition coefficient (Wildman–Crippen LogP) is 5.41. The first-order chi connectivity index (χ1) is 15.4. The van der Waals surface area contributed by atoms with Crippen LogP contribution >= 0.6 is 0 Å². The van der Waals surface area contributed by atoms with Crippen LogP contribution in [0.25, 0.3) is 0 Å². The van der Waals surface area contributed by atoms with E-state index in [4.69, 9.17) is 9.15 Å². The fourth-order valence-corrected chi connectivity index (χ4v) is 3.77. The van der Waals surface area contributed by atoms with Gasteiger partial charge < -0.3 is 14.3 Å². The number of carbonyl (C=O) groups is 2. The minimum absolute atomic E-state index is 0.00400. The molecule has 0 bridgehead atoms. The van der Waals surface area contributed by atoms with Gasteiger partial charge in [-0.3, -0.25) is 14.5 Å². The Morgan fingerprint density at radius 1 is 1.12 bits per heavy atom. The minimum atomic E-state index is -0.789. The number of ketones is 1. The van der Waals surface area contributed by atoms with Gasteiger partial charge in [-0.1, -0.05) is 43.7 Å². The van der Waals surface area contributed by atoms with Crippen LogP contribution in [0.3, 0.4) is 0 Å². The van der Waals surface area contributed by atoms with Gasteiger partial charge in [0.15, 0.2) is 11.5 Å². The zero-order valence-electron chi connectivity index (χ0n) is 18.2. The van der Waals surface area contributed by atoms with Gasteiger partial charge in [0.05, 0.1) is 24.5 Å². The fraction of sp³-hybridized carbons (Fsp3) is 0.231. The van der Waals surface area contributed by atoms with Crippen LogP contribution in [0.4, 0.5) is 5.69 Å². The van der Waals surface area contributed by atoms with Crippen molar-refractivity contribution in [2.24, 2.45) is 5.92 Å². The Morgan fingerprint density at radius 2 is 1.88 bits per heavy atom. The number of ether oxygens (including phenoxy) is 1. The van der Waals surface area contributed by atoms with Gasteiger partial charge in [0.2, 0.25) is 5.78 Å². The molecule has 0 spiro atoms. The van der Waals surface area contributed by atoms with Crippen LogP contribution in [0, 0.1) is 12.8 Å². The van der Waals surface area contributed by atoms with E-state index in [9.17, 15) is 14.7 Å². The lowest BCUT2D eigenvalue weighted by atomic mass is 9.94. The van der Waals surface area contributed by atoms with E-state index in [1.165, 1.54) is 17.2 Å². The third-order valence-corrected chi connectivity index (χ3v) is 5.25. The number of anilines is 1. The normalized spacial score (nSPS) is 16.2. The molecule has 1 aliphatic rings. The topological polar surface area (TPSA) is 80.0 Å². The molecule has 164 valence electrons. The van der Waals surface area contributed by atoms with Crippen LogP contribution in [0.1, 0.15) is 41.6 Å². The Labute approximate surface area is 186 Å². The second-order valence-corrected chi connectivity index (χ2v) is 8.26. The van der Waals surface area contributed by atoms with Crippen molar-refractivity contribution in [3.05, 3.63) is 95.1 Å². The fourth-order valence-electron chi connectivity index (χ4n) is 3.77. The minimum Gasteiger partial charge on any atom is -0.503 e. The molecular formula is C26H25NO5. The van der Waals surface area contributed by atoms with Crippen molar-refractivity contribution >= 4 is 17.4 Å². The maximum Gasteiger partial charge on any atom is 0.294 e. The summed E-state index contributed by atoms with van der Waals surface area (Å²) in [5.41, 5.74) is 2.24. The Kier molecular flexibility index (Phi) is 5.86. The number of aryl methyl sites for hydroxylation is 1. The molecular weight excluding hydrogens is 406 g/mol. The van der Waals surface area contributed by atoms with Gasteiger partial charge in [-0.15, -0.1) is 0 Å². The summed E-state index contributed by atoms with van der Waals surface area (Å²) in [5.74, 6) is -0.592. The second-order valence-electron chi connectivity index (χ2n) is 8.26. The Bertz CT molecular complexity index is 1160. The highest BCUT2D eigenvalue weighted by molar-refractivity contribution is 6.20. The summed E-state index contributed by atoms with van der Waals surface area (Å²) >= 11 is 0. The van der Waals surface area contributed by atoms with Crippen molar-refractivity contribution in [2.75, 3.05) is 11.5 Å². The van der Waals surface area contributed by atoms with E-state index in [0.29, 0.717) is 24.0 Å². The number of rotatable bonds is 7. The lowest BCUT2D eigenvalue weighted by molar-refractivity contribution is -0.117. The van der Waals surface area contributed by atoms with E-state index < -0.39 is 23.5 Å². The number of aliphatic hydroxyl groups is 1. The number of benzene rings is 2. The molecule has 0 aliphatic carbocycles. The van der Waals surface area contributed by atoms with Gasteiger partial charge >= 0.3 is 0 Å². The van der Waals surface area contributed by atoms with E-state index >= 15 is 0 Å². The van der Waals surface area contributed by atoms with Crippen LogP contribution in [-0.2, 0) is 4.79 Å². The second kappa shape index (κ2) is 8.75. The molecule has 0 fully saturated rings. The first-order valence-corrected chi connectivity index (χ1v) is 10.5. The smallest absolute Gasteiger partial charge is 0.294 e. The average molecular weight is 431 g/mol. The van der Waals surface area contributed by atoms with Gasteiger partial charge in [0.1, 0.15) is 5.75 Å². The maximum absolute atomic E-state index is 13.2. The summed E-state index contributed by atoms with van der Waals surface area (Å²) in [6.45, 7) is 6.65. The Balaban J connectivity index is 1.76. The zero-order chi connectivity index (χ0) is 22.8. The molecule has 6 nitrogen and oxygen atoms in total. The number of nitrogens with zero attached hydrogens (tertiary/aromatic N) is 1. The highest BCUT2D eigenvalue weighted by atomic mass is 16.5. The third-order valence-electron chi connectivity index (χ3n) is 5.25. The number of Topliss-reactive ketones (excluding diaryl/α,β-unsaturated/α-hetero) is 1. The maximum atomic E-state index is 13.2. The van der Waals surface area contributed by atoms with Crippen molar-refractivity contribution in [1.29, 1.82) is 0 Å². The molecule has 2 heterocycles. The van der Waals surface area contributed by atoms with Crippen LogP contribution in [-0.4, -0.2) is 23.4 Å². The summed E-state index contributed by atoms with van der Waals surface area (Å²) < 4.78 is 11.0. The highest BCUT2D eigenvalue weighted by Gasteiger charge is 2.45. The molecule has 1 amide bonds. The molecule has 1 atom stereocenters. The van der Waals surface area contributed by atoms with Crippen molar-refractivity contribution in [3.63, 3.8) is 0 Å². The van der Waals surface area contributed by atoms with Crippen LogP contribution < -0.4 is 9.64 Å². The molecule has 1 N–H and O–H groups in total. The molecule has 6 heteroatoms. The molecule has 3 aromatic rings. The Hall–Kier alpha value is -3.80. The van der Waals surface area contributed by atoms with Gasteiger partial charge in [-0.25, -0.2) is 0 Å². The van der Waals surface area contributed by atoms with Crippen LogP contribution in [0.2, 0.25) is 0 Å². The Morgan fingerprint density at radius 3 is 2.50 bits per heavy atom. The van der Waals surface area contributed by atoms with Crippen molar-refractivity contribution in [2.45, 2.75) is 26.8 Å². The lowest BCUT2D eigenvalue weighted by Gasteiger charge is -2.27. The van der Waals surface area contributed by atoms with E-state index in [1.54, 1.807) is 30.3 Å². The zero-order valence-corrected chi connectivity index (χ0v) is 18.2. The SMILES string of the molecule is Cc1cccc(C2C(C(=O)c3ccco3)=C(O)C(=O)N2c2ccc(OCC(C)C)cc2)c1. The summed E-state index contributed by atoms with van der Waals surface area (Å²) in [5, 5.41) is 10.8. The van der Waals surface area contributed by atoms with Crippen molar-refractivity contribution in [1.82, 2.24) is 0 Å². The molecule has 0 saturated heterocycles. The molecule has 4 rings (SSSR count). The summed E-state index contributed by atoms with van der Waals surface area (Å²) in [6.07, 6.45) is 1.39. The summed E-state index contributed by atoms with van der Waals surface area (Å²) in [4.78, 5) is 27.8. The van der Waals surface area contributed by atoms with Gasteiger partial charge in [0, 0.05) is 5.69 Å². The number of carbonyl (C=O) groups excluding carboxylic acids is 2. The monoisotopic (exact) mass is 431 g/mol. The number of hydrogen-bond acceptors (Lipinski definition) is 5. The summed E-state index contributed by atoms with van der Waals surface area (Å²) in [6, 6.07) is 16.9. The molecule has 1 aromatic heterocycles. The molecule has 2 aromatic carbocycles. The van der Waals surface area contributed by atoms with Crippen LogP contribution in [0.5, 0.6) is 5.75 Å². The standard InChI is InChI=1S/C26H25NO5/c1-16(2)15-32-20-11-9-19(10-12-20)27-23(18-7-4-6-17(3)14-18)22(25(29)26(27)30)24(28)21-8-5-13-31-21/h4-14,16,23,29H,15H2,1-3H3. The largest absolute Gasteiger partial charge is 0.503 e. The first-order valence-electron chi connectivity index (χ1n) is 10.5. The number of hydrogen-bond donors (Lipinski definition) is 1. The van der Waals surface area contributed by atoms with E-state index in [2.05, 4.69) is 13.8 Å². The number of furan rings is 1. The molecule has 0 radical (unpaired) electrons. The van der Waals surface area contributed by atoms with Gasteiger partial charge in [-0.05, 0) is 54.8 Å². The van der Waals surface area contributed by atoms with E-state index in [-0.39, 0.29) is 11.3 Å². The highest BCUT2D eigenvalue weighted by Crippen LogP contribution is 2.42. The quantitative estimate of drug-likeness (QED) is 0.506. The van der Waals surface area contributed by atoms with Crippen molar-refractivity contribution in [3.8, 4) is 5.75 Å². The van der Waals surface area contributed by atoms with E-state index in [1.807, 2.05) is 31.2 Å². The van der Waals surface area contributed by atoms with E-state index in [0.717, 1.165) is 11.1 Å². The van der Waals surface area contributed by atoms with Gasteiger partial charge in [-0.2, -0.15) is 0 Å². The average Bonchev–Trinajstić information content (AvgIpc) is 3.40. The molecule has 1 unspecified atom stereocenters. The van der Waals surface area contributed by atoms with Crippen LogP contribution in [0.15, 0.2) is 82.7 Å². The predicted molar refractivity (Wildman–Crippen MR) is 121 cm³/mol.